The van der Waals surface area contributed by atoms with Crippen molar-refractivity contribution < 1.29 is 4.79 Å². The van der Waals surface area contributed by atoms with E-state index in [-0.39, 0.29) is 0 Å². The molecule has 5 nitrogen and oxygen atoms in total. The summed E-state index contributed by atoms with van der Waals surface area (Å²) in [6, 6.07) is 9.56. The van der Waals surface area contributed by atoms with Gasteiger partial charge in [0.1, 0.15) is 5.69 Å². The van der Waals surface area contributed by atoms with Crippen molar-refractivity contribution in [3.63, 3.8) is 0 Å². The molecular weight excluding hydrogens is 240 g/mol. The Balaban J connectivity index is 2.16. The first-order valence-corrected chi connectivity index (χ1v) is 5.90. The third-order valence-electron chi connectivity index (χ3n) is 2.89. The molecule has 0 aliphatic heterocycles. The van der Waals surface area contributed by atoms with E-state index in [1.165, 1.54) is 0 Å². The van der Waals surface area contributed by atoms with Crippen LogP contribution in [0, 0.1) is 6.92 Å². The Kier molecular flexibility index (Phi) is 2.72. The predicted octanol–water partition coefficient (Wildman–Crippen LogP) is 2.50. The third kappa shape index (κ3) is 2.06. The maximum absolute atomic E-state index is 10.6. The molecule has 3 aromatic rings. The molecule has 0 saturated carbocycles. The summed E-state index contributed by atoms with van der Waals surface area (Å²) in [6.45, 7) is 2.02. The number of nitrogens with zero attached hydrogens (tertiary/aromatic N) is 2. The summed E-state index contributed by atoms with van der Waals surface area (Å²) in [5.74, 6) is 0.644. The van der Waals surface area contributed by atoms with Gasteiger partial charge in [0.05, 0.1) is 16.7 Å². The molecule has 19 heavy (non-hydrogen) atoms. The number of carbonyl (C=O) groups excluding carboxylic acids is 1. The highest BCUT2D eigenvalue weighted by molar-refractivity contribution is 5.85. The van der Waals surface area contributed by atoms with Gasteiger partial charge in [0, 0.05) is 6.20 Å². The number of H-pyrrole nitrogens is 1. The van der Waals surface area contributed by atoms with Gasteiger partial charge in [-0.15, -0.1) is 0 Å². The molecule has 2 N–H and O–H groups in total. The second kappa shape index (κ2) is 4.53. The number of aryl methyl sites for hydroxylation is 1. The van der Waals surface area contributed by atoms with E-state index in [0.29, 0.717) is 23.6 Å². The van der Waals surface area contributed by atoms with Gasteiger partial charge >= 0.3 is 0 Å². The zero-order valence-electron chi connectivity index (χ0n) is 10.3. The average Bonchev–Trinajstić information content (AvgIpc) is 2.82. The molecule has 0 spiro atoms. The summed E-state index contributed by atoms with van der Waals surface area (Å²) in [7, 11) is 0. The lowest BCUT2D eigenvalue weighted by molar-refractivity contribution is -0.105. The van der Waals surface area contributed by atoms with Gasteiger partial charge in [0.15, 0.2) is 5.82 Å². The van der Waals surface area contributed by atoms with Crippen LogP contribution in [0.5, 0.6) is 0 Å². The van der Waals surface area contributed by atoms with E-state index in [4.69, 9.17) is 0 Å². The molecule has 2 aromatic heterocycles. The van der Waals surface area contributed by atoms with Crippen LogP contribution in [0.2, 0.25) is 0 Å². The first-order chi connectivity index (χ1) is 9.28. The van der Waals surface area contributed by atoms with Gasteiger partial charge in [-0.05, 0) is 36.8 Å². The number of imidazole rings is 1. The Morgan fingerprint density at radius 1 is 1.32 bits per heavy atom. The summed E-state index contributed by atoms with van der Waals surface area (Å²) in [5, 5.41) is 2.63. The number of hydrogen-bond acceptors (Lipinski definition) is 3. The van der Waals surface area contributed by atoms with E-state index in [1.807, 2.05) is 25.1 Å². The molecule has 1 aromatic carbocycles. The minimum absolute atomic E-state index is 0.628. The number of aromatic amines is 1. The molecule has 0 unspecified atom stereocenters. The molecule has 94 valence electrons. The van der Waals surface area contributed by atoms with Crippen molar-refractivity contribution in [2.24, 2.45) is 0 Å². The first-order valence-electron chi connectivity index (χ1n) is 5.90. The smallest absolute Gasteiger partial charge is 0.211 e. The van der Waals surface area contributed by atoms with Crippen LogP contribution in [0.15, 0.2) is 36.5 Å². The lowest BCUT2D eigenvalue weighted by Gasteiger charge is -2.03. The number of anilines is 1. The number of fused-ring (bicyclic) bond motifs is 1. The Labute approximate surface area is 109 Å². The molecule has 3 rings (SSSR count). The maximum Gasteiger partial charge on any atom is 0.211 e. The quantitative estimate of drug-likeness (QED) is 0.703. The molecule has 0 aliphatic rings. The number of pyridine rings is 1. The summed E-state index contributed by atoms with van der Waals surface area (Å²) in [4.78, 5) is 22.6. The van der Waals surface area contributed by atoms with Gasteiger partial charge in [-0.2, -0.15) is 0 Å². The Bertz CT molecular complexity index is 748. The van der Waals surface area contributed by atoms with Crippen LogP contribution in [0.1, 0.15) is 5.56 Å². The van der Waals surface area contributed by atoms with Crippen LogP contribution in [0.25, 0.3) is 22.6 Å². The SMILES string of the molecule is Cc1ccc2[nH]c(-c3ncccc3NC=O)nc2c1. The van der Waals surface area contributed by atoms with Crippen LogP contribution in [0.4, 0.5) is 5.69 Å². The number of benzene rings is 1. The number of nitrogens with one attached hydrogen (secondary N) is 2. The normalized spacial score (nSPS) is 10.6. The molecule has 0 fully saturated rings. The van der Waals surface area contributed by atoms with E-state index in [9.17, 15) is 4.79 Å². The zero-order valence-corrected chi connectivity index (χ0v) is 10.3. The molecular formula is C14H12N4O. The van der Waals surface area contributed by atoms with Crippen molar-refractivity contribution in [1.29, 1.82) is 0 Å². The van der Waals surface area contributed by atoms with Gasteiger partial charge in [-0.25, -0.2) is 4.98 Å². The second-order valence-electron chi connectivity index (χ2n) is 4.27. The van der Waals surface area contributed by atoms with Crippen LogP contribution in [0.3, 0.4) is 0 Å². The highest BCUT2D eigenvalue weighted by Gasteiger charge is 2.10. The largest absolute Gasteiger partial charge is 0.337 e. The van der Waals surface area contributed by atoms with E-state index < -0.39 is 0 Å². The third-order valence-corrected chi connectivity index (χ3v) is 2.89. The fraction of sp³-hybridized carbons (Fsp3) is 0.0714. The van der Waals surface area contributed by atoms with Crippen molar-refractivity contribution >= 4 is 23.1 Å². The highest BCUT2D eigenvalue weighted by Crippen LogP contribution is 2.25. The maximum atomic E-state index is 10.6. The number of aromatic nitrogens is 3. The Morgan fingerprint density at radius 2 is 2.21 bits per heavy atom. The van der Waals surface area contributed by atoms with Crippen LogP contribution < -0.4 is 5.32 Å². The topological polar surface area (TPSA) is 70.7 Å². The van der Waals surface area contributed by atoms with Gasteiger partial charge < -0.3 is 10.3 Å². The van der Waals surface area contributed by atoms with Gasteiger partial charge in [0.2, 0.25) is 6.41 Å². The minimum atomic E-state index is 0.628. The minimum Gasteiger partial charge on any atom is -0.337 e. The fourth-order valence-corrected chi connectivity index (χ4v) is 2.00. The lowest BCUT2D eigenvalue weighted by atomic mass is 10.2. The lowest BCUT2D eigenvalue weighted by Crippen LogP contribution is -1.98. The Morgan fingerprint density at radius 3 is 3.05 bits per heavy atom. The van der Waals surface area contributed by atoms with Crippen LogP contribution in [-0.2, 0) is 4.79 Å². The molecule has 0 aliphatic carbocycles. The Hall–Kier alpha value is -2.69. The summed E-state index contributed by atoms with van der Waals surface area (Å²) in [5.41, 5.74) is 4.25. The summed E-state index contributed by atoms with van der Waals surface area (Å²) < 4.78 is 0. The standard InChI is InChI=1S/C14H12N4O/c1-9-4-5-10-12(7-9)18-14(17-10)13-11(16-8-19)3-2-6-15-13/h2-8H,1H3,(H,16,19)(H,17,18). The predicted molar refractivity (Wildman–Crippen MR) is 73.7 cm³/mol. The number of carbonyl (C=O) groups is 1. The fourth-order valence-electron chi connectivity index (χ4n) is 2.00. The highest BCUT2D eigenvalue weighted by atomic mass is 16.1. The van der Waals surface area contributed by atoms with Gasteiger partial charge in [0.25, 0.3) is 0 Å². The number of rotatable bonds is 3. The van der Waals surface area contributed by atoms with Crippen molar-refractivity contribution in [2.75, 3.05) is 5.32 Å². The molecule has 2 heterocycles. The van der Waals surface area contributed by atoms with Crippen molar-refractivity contribution in [3.8, 4) is 11.5 Å². The van der Waals surface area contributed by atoms with Gasteiger partial charge in [-0.1, -0.05) is 6.07 Å². The molecule has 0 bridgehead atoms. The molecule has 5 heteroatoms. The zero-order chi connectivity index (χ0) is 13.2. The van der Waals surface area contributed by atoms with E-state index in [1.54, 1.807) is 18.3 Å². The number of hydrogen-bond donors (Lipinski definition) is 2. The molecule has 0 atom stereocenters. The van der Waals surface area contributed by atoms with Crippen molar-refractivity contribution in [2.45, 2.75) is 6.92 Å². The number of amides is 1. The first kappa shape index (κ1) is 11.4. The van der Waals surface area contributed by atoms with E-state index >= 15 is 0 Å². The average molecular weight is 252 g/mol. The van der Waals surface area contributed by atoms with Crippen molar-refractivity contribution in [3.05, 3.63) is 42.1 Å². The summed E-state index contributed by atoms with van der Waals surface area (Å²) >= 11 is 0. The van der Waals surface area contributed by atoms with E-state index in [2.05, 4.69) is 20.3 Å². The van der Waals surface area contributed by atoms with Crippen LogP contribution >= 0.6 is 0 Å². The van der Waals surface area contributed by atoms with Crippen LogP contribution in [-0.4, -0.2) is 21.4 Å². The van der Waals surface area contributed by atoms with Crippen molar-refractivity contribution in [1.82, 2.24) is 15.0 Å². The van der Waals surface area contributed by atoms with Gasteiger partial charge in [-0.3, -0.25) is 9.78 Å². The monoisotopic (exact) mass is 252 g/mol. The van der Waals surface area contributed by atoms with E-state index in [0.717, 1.165) is 16.6 Å². The molecule has 0 radical (unpaired) electrons. The second-order valence-corrected chi connectivity index (χ2v) is 4.27. The molecule has 0 saturated heterocycles. The summed E-state index contributed by atoms with van der Waals surface area (Å²) in [6.07, 6.45) is 2.30. The molecule has 1 amide bonds.